The van der Waals surface area contributed by atoms with E-state index in [0.29, 0.717) is 25.5 Å². The highest BCUT2D eigenvalue weighted by atomic mass is 16.5. The average molecular weight is 289 g/mol. The van der Waals surface area contributed by atoms with Gasteiger partial charge in [0.25, 0.3) is 0 Å². The molecule has 0 bridgehead atoms. The van der Waals surface area contributed by atoms with Crippen molar-refractivity contribution < 1.29 is 14.3 Å². The second kappa shape index (κ2) is 7.72. The maximum atomic E-state index is 12.0. The van der Waals surface area contributed by atoms with E-state index < -0.39 is 0 Å². The number of benzene rings is 1. The van der Waals surface area contributed by atoms with E-state index >= 15 is 0 Å². The standard InChI is InChI=1S/C17H23NO3/c1-18(17(19)13-14-5-3-4-6-14)11-12-21-16-9-7-15(20-2)8-10-16/h3,5,7-10,14H,4,6,11-13H2,1-2H3/t14-/m0/s1. The normalized spacial score (nSPS) is 16.8. The molecular weight excluding hydrogens is 266 g/mol. The van der Waals surface area contributed by atoms with Crippen molar-refractivity contribution in [2.75, 3.05) is 27.3 Å². The van der Waals surface area contributed by atoms with Crippen LogP contribution in [0.3, 0.4) is 0 Å². The molecule has 1 amide bonds. The molecule has 0 saturated carbocycles. The molecule has 0 radical (unpaired) electrons. The highest BCUT2D eigenvalue weighted by Gasteiger charge is 2.16. The lowest BCUT2D eigenvalue weighted by Gasteiger charge is -2.19. The van der Waals surface area contributed by atoms with Gasteiger partial charge in [0.2, 0.25) is 5.91 Å². The van der Waals surface area contributed by atoms with Crippen LogP contribution in [0, 0.1) is 5.92 Å². The van der Waals surface area contributed by atoms with Gasteiger partial charge in [0.05, 0.1) is 13.7 Å². The molecule has 114 valence electrons. The molecule has 0 aromatic heterocycles. The zero-order valence-electron chi connectivity index (χ0n) is 12.7. The van der Waals surface area contributed by atoms with Gasteiger partial charge in [-0.3, -0.25) is 4.79 Å². The zero-order chi connectivity index (χ0) is 15.1. The molecule has 1 aromatic carbocycles. The van der Waals surface area contributed by atoms with Gasteiger partial charge in [-0.1, -0.05) is 12.2 Å². The number of carbonyl (C=O) groups excluding carboxylic acids is 1. The number of methoxy groups -OCH3 is 1. The predicted molar refractivity (Wildman–Crippen MR) is 82.6 cm³/mol. The third-order valence-electron chi connectivity index (χ3n) is 3.73. The molecule has 1 atom stereocenters. The number of rotatable bonds is 7. The fourth-order valence-corrected chi connectivity index (χ4v) is 2.34. The molecule has 0 saturated heterocycles. The Hall–Kier alpha value is -1.97. The first-order valence-corrected chi connectivity index (χ1v) is 7.36. The van der Waals surface area contributed by atoms with Crippen LogP contribution in [0.15, 0.2) is 36.4 Å². The van der Waals surface area contributed by atoms with Gasteiger partial charge in [0, 0.05) is 13.5 Å². The number of likely N-dealkylation sites (N-methyl/N-ethyl adjacent to an activating group) is 1. The van der Waals surface area contributed by atoms with Crippen molar-refractivity contribution in [3.8, 4) is 11.5 Å². The van der Waals surface area contributed by atoms with Gasteiger partial charge in [-0.2, -0.15) is 0 Å². The molecule has 4 nitrogen and oxygen atoms in total. The number of hydrogen-bond donors (Lipinski definition) is 0. The Bertz CT molecular complexity index is 481. The van der Waals surface area contributed by atoms with E-state index in [1.807, 2.05) is 31.3 Å². The van der Waals surface area contributed by atoms with Gasteiger partial charge in [0.1, 0.15) is 18.1 Å². The monoisotopic (exact) mass is 289 g/mol. The van der Waals surface area contributed by atoms with E-state index in [0.717, 1.165) is 24.3 Å². The highest BCUT2D eigenvalue weighted by Crippen LogP contribution is 2.21. The molecule has 0 spiro atoms. The van der Waals surface area contributed by atoms with Crippen LogP contribution in [0.2, 0.25) is 0 Å². The molecule has 1 aromatic rings. The Morgan fingerprint density at radius 2 is 2.00 bits per heavy atom. The first kappa shape index (κ1) is 15.4. The summed E-state index contributed by atoms with van der Waals surface area (Å²) in [5.41, 5.74) is 0. The number of ether oxygens (including phenoxy) is 2. The number of amides is 1. The molecule has 0 aliphatic heterocycles. The summed E-state index contributed by atoms with van der Waals surface area (Å²) in [5.74, 6) is 2.20. The lowest BCUT2D eigenvalue weighted by Crippen LogP contribution is -2.31. The average Bonchev–Trinajstić information content (AvgIpc) is 3.00. The molecule has 0 heterocycles. The summed E-state index contributed by atoms with van der Waals surface area (Å²) >= 11 is 0. The molecule has 0 N–H and O–H groups in total. The van der Waals surface area contributed by atoms with Gasteiger partial charge in [-0.25, -0.2) is 0 Å². The fraction of sp³-hybridized carbons (Fsp3) is 0.471. The summed E-state index contributed by atoms with van der Waals surface area (Å²) in [7, 11) is 3.47. The van der Waals surface area contributed by atoms with Crippen molar-refractivity contribution in [2.24, 2.45) is 5.92 Å². The van der Waals surface area contributed by atoms with Gasteiger partial charge < -0.3 is 14.4 Å². The fourth-order valence-electron chi connectivity index (χ4n) is 2.34. The molecule has 21 heavy (non-hydrogen) atoms. The maximum Gasteiger partial charge on any atom is 0.223 e. The summed E-state index contributed by atoms with van der Waals surface area (Å²) in [4.78, 5) is 13.8. The topological polar surface area (TPSA) is 38.8 Å². The van der Waals surface area contributed by atoms with E-state index in [1.165, 1.54) is 0 Å². The first-order chi connectivity index (χ1) is 10.2. The smallest absolute Gasteiger partial charge is 0.223 e. The molecule has 0 unspecified atom stereocenters. The third-order valence-corrected chi connectivity index (χ3v) is 3.73. The first-order valence-electron chi connectivity index (χ1n) is 7.36. The van der Waals surface area contributed by atoms with Crippen molar-refractivity contribution in [3.63, 3.8) is 0 Å². The number of carbonyl (C=O) groups is 1. The van der Waals surface area contributed by atoms with E-state index in [1.54, 1.807) is 12.0 Å². The van der Waals surface area contributed by atoms with Crippen molar-refractivity contribution in [1.29, 1.82) is 0 Å². The van der Waals surface area contributed by atoms with E-state index in [4.69, 9.17) is 9.47 Å². The van der Waals surface area contributed by atoms with Crippen LogP contribution in [-0.4, -0.2) is 38.1 Å². The minimum absolute atomic E-state index is 0.185. The van der Waals surface area contributed by atoms with E-state index in [2.05, 4.69) is 12.2 Å². The minimum Gasteiger partial charge on any atom is -0.497 e. The van der Waals surface area contributed by atoms with E-state index in [-0.39, 0.29) is 5.91 Å². The SMILES string of the molecule is COc1ccc(OCCN(C)C(=O)C[C@H]2C=CCC2)cc1. The molecule has 0 fully saturated rings. The van der Waals surface area contributed by atoms with Gasteiger partial charge >= 0.3 is 0 Å². The Labute approximate surface area is 126 Å². The van der Waals surface area contributed by atoms with Crippen molar-refractivity contribution in [1.82, 2.24) is 4.90 Å². The van der Waals surface area contributed by atoms with E-state index in [9.17, 15) is 4.79 Å². The van der Waals surface area contributed by atoms with Gasteiger partial charge in [-0.15, -0.1) is 0 Å². The lowest BCUT2D eigenvalue weighted by molar-refractivity contribution is -0.130. The van der Waals surface area contributed by atoms with Crippen LogP contribution < -0.4 is 9.47 Å². The Balaban J connectivity index is 1.69. The Kier molecular flexibility index (Phi) is 5.67. The summed E-state index contributed by atoms with van der Waals surface area (Å²) in [6.07, 6.45) is 7.12. The van der Waals surface area contributed by atoms with Crippen LogP contribution in [0.4, 0.5) is 0 Å². The van der Waals surface area contributed by atoms with Crippen LogP contribution in [-0.2, 0) is 4.79 Å². The van der Waals surface area contributed by atoms with Gasteiger partial charge in [0.15, 0.2) is 0 Å². The van der Waals surface area contributed by atoms with Crippen LogP contribution in [0.5, 0.6) is 11.5 Å². The second-order valence-electron chi connectivity index (χ2n) is 5.31. The Morgan fingerprint density at radius 3 is 2.62 bits per heavy atom. The maximum absolute atomic E-state index is 12.0. The third kappa shape index (κ3) is 4.81. The summed E-state index contributed by atoms with van der Waals surface area (Å²) in [6, 6.07) is 7.45. The zero-order valence-corrected chi connectivity index (χ0v) is 12.7. The molecule has 1 aliphatic carbocycles. The van der Waals surface area contributed by atoms with Crippen LogP contribution in [0.1, 0.15) is 19.3 Å². The summed E-state index contributed by atoms with van der Waals surface area (Å²) in [6.45, 7) is 1.09. The quantitative estimate of drug-likeness (QED) is 0.725. The lowest BCUT2D eigenvalue weighted by atomic mass is 10.0. The number of hydrogen-bond acceptors (Lipinski definition) is 3. The second-order valence-corrected chi connectivity index (χ2v) is 5.31. The van der Waals surface area contributed by atoms with Crippen molar-refractivity contribution in [3.05, 3.63) is 36.4 Å². The van der Waals surface area contributed by atoms with Crippen LogP contribution in [0.25, 0.3) is 0 Å². The molecule has 4 heteroatoms. The number of allylic oxidation sites excluding steroid dienone is 2. The largest absolute Gasteiger partial charge is 0.497 e. The highest BCUT2D eigenvalue weighted by molar-refractivity contribution is 5.76. The summed E-state index contributed by atoms with van der Waals surface area (Å²) < 4.78 is 10.7. The number of nitrogens with zero attached hydrogens (tertiary/aromatic N) is 1. The minimum atomic E-state index is 0.185. The van der Waals surface area contributed by atoms with Gasteiger partial charge in [-0.05, 0) is 43.0 Å². The molecule has 2 rings (SSSR count). The molecular formula is C17H23NO3. The van der Waals surface area contributed by atoms with Crippen LogP contribution >= 0.6 is 0 Å². The van der Waals surface area contributed by atoms with Crippen molar-refractivity contribution >= 4 is 5.91 Å². The Morgan fingerprint density at radius 1 is 1.29 bits per heavy atom. The molecule has 1 aliphatic rings. The van der Waals surface area contributed by atoms with Crippen molar-refractivity contribution in [2.45, 2.75) is 19.3 Å². The summed E-state index contributed by atoms with van der Waals surface area (Å²) in [5, 5.41) is 0. The predicted octanol–water partition coefficient (Wildman–Crippen LogP) is 2.89.